The smallest absolute Gasteiger partial charge is 0.00627 e. The summed E-state index contributed by atoms with van der Waals surface area (Å²) in [7, 11) is -0.444. The summed E-state index contributed by atoms with van der Waals surface area (Å²) in [6, 6.07) is 34.6. The van der Waals surface area contributed by atoms with E-state index in [-0.39, 0.29) is 0 Å². The molecule has 0 aliphatic carbocycles. The lowest BCUT2D eigenvalue weighted by molar-refractivity contribution is 1.66. The van der Waals surface area contributed by atoms with Gasteiger partial charge in [0.1, 0.15) is 0 Å². The van der Waals surface area contributed by atoms with Gasteiger partial charge in [-0.2, -0.15) is 0 Å². The van der Waals surface area contributed by atoms with E-state index in [1.165, 1.54) is 27.3 Å². The average molecular weight is 312 g/mol. The Morgan fingerprint density at radius 3 is 1.61 bits per heavy atom. The van der Waals surface area contributed by atoms with Crippen molar-refractivity contribution < 1.29 is 0 Å². The highest BCUT2D eigenvalue weighted by atomic mass is 31.1. The first kappa shape index (κ1) is 14.1. The van der Waals surface area contributed by atoms with Gasteiger partial charge in [-0.25, -0.2) is 0 Å². The van der Waals surface area contributed by atoms with Crippen LogP contribution in [0, 0.1) is 0 Å². The normalized spacial score (nSPS) is 11.4. The first-order valence-corrected chi connectivity index (χ1v) is 9.21. The molecule has 1 heteroatoms. The van der Waals surface area contributed by atoms with Crippen molar-refractivity contribution in [3.63, 3.8) is 0 Å². The van der Waals surface area contributed by atoms with Crippen molar-refractivity contribution in [2.45, 2.75) is 0 Å². The Bertz CT molecular complexity index is 834. The highest BCUT2D eigenvalue weighted by Gasteiger charge is 2.11. The van der Waals surface area contributed by atoms with Crippen molar-refractivity contribution >= 4 is 7.53 Å². The average Bonchev–Trinajstić information content (AvgIpc) is 3.09. The largest absolute Gasteiger partial charge is 0.0847 e. The fraction of sp³-hybridized carbons (Fsp3) is 0. The highest BCUT2D eigenvalue weighted by Crippen LogP contribution is 2.52. The monoisotopic (exact) mass is 312 g/mol. The second-order valence-electron chi connectivity index (χ2n) is 5.55. The molecular weight excluding hydrogens is 295 g/mol. The van der Waals surface area contributed by atoms with Crippen LogP contribution in [0.5, 0.6) is 0 Å². The van der Waals surface area contributed by atoms with E-state index >= 15 is 0 Å². The first-order valence-electron chi connectivity index (χ1n) is 7.80. The third-order valence-electron chi connectivity index (χ3n) is 4.03. The molecule has 1 atom stereocenters. The Morgan fingerprint density at radius 1 is 0.478 bits per heavy atom. The number of hydrogen-bond donors (Lipinski definition) is 0. The van der Waals surface area contributed by atoms with Crippen LogP contribution in [0.1, 0.15) is 0 Å². The molecule has 0 saturated heterocycles. The van der Waals surface area contributed by atoms with Gasteiger partial charge >= 0.3 is 0 Å². The van der Waals surface area contributed by atoms with E-state index in [2.05, 4.69) is 103 Å². The molecule has 0 fully saturated rings. The van der Waals surface area contributed by atoms with E-state index in [4.69, 9.17) is 0 Å². The molecule has 0 saturated carbocycles. The molecule has 110 valence electrons. The van der Waals surface area contributed by atoms with Gasteiger partial charge < -0.3 is 0 Å². The molecule has 0 bridgehead atoms. The van der Waals surface area contributed by atoms with Crippen LogP contribution in [0.25, 0.3) is 27.3 Å². The molecule has 4 aromatic rings. The van der Waals surface area contributed by atoms with E-state index in [9.17, 15) is 0 Å². The molecule has 3 aromatic carbocycles. The highest BCUT2D eigenvalue weighted by molar-refractivity contribution is 7.59. The molecule has 23 heavy (non-hydrogen) atoms. The maximum Gasteiger partial charge on any atom is 0.00627 e. The molecule has 4 rings (SSSR count). The third kappa shape index (κ3) is 2.86. The van der Waals surface area contributed by atoms with Crippen LogP contribution >= 0.6 is 7.53 Å². The van der Waals surface area contributed by atoms with Gasteiger partial charge in [0.2, 0.25) is 0 Å². The number of hydrogen-bond acceptors (Lipinski definition) is 0. The van der Waals surface area contributed by atoms with Gasteiger partial charge in [-0.1, -0.05) is 98.5 Å². The lowest BCUT2D eigenvalue weighted by Crippen LogP contribution is -1.72. The number of rotatable bonds is 3. The predicted molar refractivity (Wildman–Crippen MR) is 101 cm³/mol. The zero-order valence-corrected chi connectivity index (χ0v) is 13.7. The second kappa shape index (κ2) is 6.28. The zero-order valence-electron chi connectivity index (χ0n) is 12.8. The van der Waals surface area contributed by atoms with E-state index < -0.39 is 7.53 Å². The van der Waals surface area contributed by atoms with Crippen molar-refractivity contribution in [1.82, 2.24) is 0 Å². The fourth-order valence-corrected chi connectivity index (χ4v) is 5.15. The minimum atomic E-state index is -0.444. The fourth-order valence-electron chi connectivity index (χ4n) is 2.88. The SMILES string of the molecule is c1ccc(-c2cc(-c3ccccc3)p(-c3ccccc3)c2)cc1. The summed E-state index contributed by atoms with van der Waals surface area (Å²) in [4.78, 5) is 0. The lowest BCUT2D eigenvalue weighted by Gasteiger charge is -2.05. The van der Waals surface area contributed by atoms with Crippen molar-refractivity contribution in [3.05, 3.63) is 103 Å². The summed E-state index contributed by atoms with van der Waals surface area (Å²) in [6.07, 6.45) is 0. The maximum absolute atomic E-state index is 2.45. The third-order valence-corrected chi connectivity index (χ3v) is 6.33. The van der Waals surface area contributed by atoms with Crippen LogP contribution in [-0.2, 0) is 0 Å². The van der Waals surface area contributed by atoms with Crippen LogP contribution in [-0.4, -0.2) is 0 Å². The lowest BCUT2D eigenvalue weighted by atomic mass is 10.1. The molecule has 0 aliphatic rings. The predicted octanol–water partition coefficient (Wildman–Crippen LogP) is 7.00. The van der Waals surface area contributed by atoms with Crippen LogP contribution in [0.2, 0.25) is 0 Å². The Labute approximate surface area is 138 Å². The van der Waals surface area contributed by atoms with Gasteiger partial charge in [0.25, 0.3) is 0 Å². The van der Waals surface area contributed by atoms with Gasteiger partial charge in [-0.05, 0) is 33.9 Å². The molecule has 0 amide bonds. The summed E-state index contributed by atoms with van der Waals surface area (Å²) in [5.74, 6) is 2.45. The van der Waals surface area contributed by atoms with Crippen LogP contribution in [0.4, 0.5) is 0 Å². The van der Waals surface area contributed by atoms with Gasteiger partial charge in [-0.15, -0.1) is 0 Å². The standard InChI is InChI=1S/C22H17P/c1-4-10-18(11-5-1)20-16-22(19-12-6-2-7-13-19)23(17-20)21-14-8-3-9-15-21/h1-17H. The summed E-state index contributed by atoms with van der Waals surface area (Å²) >= 11 is 0. The first-order chi connectivity index (χ1) is 11.4. The van der Waals surface area contributed by atoms with E-state index in [1.54, 1.807) is 0 Å². The Balaban J connectivity index is 1.91. The van der Waals surface area contributed by atoms with Gasteiger partial charge in [-0.3, -0.25) is 0 Å². The molecule has 1 unspecified atom stereocenters. The minimum absolute atomic E-state index is 0.444. The van der Waals surface area contributed by atoms with Crippen molar-refractivity contribution in [2.75, 3.05) is 0 Å². The summed E-state index contributed by atoms with van der Waals surface area (Å²) < 4.78 is 0. The van der Waals surface area contributed by atoms with E-state index in [1.807, 2.05) is 0 Å². The molecule has 0 radical (unpaired) electrons. The quantitative estimate of drug-likeness (QED) is 0.382. The Kier molecular flexibility index (Phi) is 3.84. The molecule has 0 spiro atoms. The van der Waals surface area contributed by atoms with Crippen molar-refractivity contribution in [2.24, 2.45) is 0 Å². The topological polar surface area (TPSA) is 0 Å². The van der Waals surface area contributed by atoms with Crippen LogP contribution in [0.15, 0.2) is 103 Å². The van der Waals surface area contributed by atoms with Crippen molar-refractivity contribution in [1.29, 1.82) is 0 Å². The molecule has 1 heterocycles. The summed E-state index contributed by atoms with van der Waals surface area (Å²) in [5.41, 5.74) is 3.95. The Morgan fingerprint density at radius 2 is 1.00 bits per heavy atom. The minimum Gasteiger partial charge on any atom is -0.0847 e. The molecule has 0 N–H and O–H groups in total. The second-order valence-corrected chi connectivity index (χ2v) is 7.55. The van der Waals surface area contributed by atoms with Crippen LogP contribution < -0.4 is 0 Å². The van der Waals surface area contributed by atoms with Gasteiger partial charge in [0.15, 0.2) is 0 Å². The molecule has 1 aromatic heterocycles. The van der Waals surface area contributed by atoms with Crippen molar-refractivity contribution in [3.8, 4) is 27.3 Å². The Hall–Kier alpha value is -2.56. The zero-order chi connectivity index (χ0) is 15.5. The van der Waals surface area contributed by atoms with Crippen LogP contribution in [0.3, 0.4) is 0 Å². The van der Waals surface area contributed by atoms with E-state index in [0.717, 1.165) is 0 Å². The van der Waals surface area contributed by atoms with Gasteiger partial charge in [0, 0.05) is 5.30 Å². The molecular formula is C22H17P. The number of benzene rings is 3. The molecule has 0 aliphatic heterocycles. The molecule has 0 nitrogen and oxygen atoms in total. The summed E-state index contributed by atoms with van der Waals surface area (Å²) in [5, 5.41) is 2.84. The van der Waals surface area contributed by atoms with E-state index in [0.29, 0.717) is 0 Å². The maximum atomic E-state index is 2.45. The van der Waals surface area contributed by atoms with Gasteiger partial charge in [0.05, 0.1) is 0 Å². The summed E-state index contributed by atoms with van der Waals surface area (Å²) in [6.45, 7) is 0.